The molecule has 2 amide bonds. The lowest BCUT2D eigenvalue weighted by molar-refractivity contribution is -0.144. The zero-order valence-corrected chi connectivity index (χ0v) is 11.5. The van der Waals surface area contributed by atoms with Gasteiger partial charge in [-0.25, -0.2) is 4.79 Å². The summed E-state index contributed by atoms with van der Waals surface area (Å²) in [6.45, 7) is 4.21. The van der Waals surface area contributed by atoms with E-state index in [-0.39, 0.29) is 31.6 Å². The molecule has 0 radical (unpaired) electrons. The Bertz CT molecular complexity index is 371. The number of urea groups is 1. The van der Waals surface area contributed by atoms with Gasteiger partial charge in [0.15, 0.2) is 0 Å². The van der Waals surface area contributed by atoms with E-state index >= 15 is 0 Å². The van der Waals surface area contributed by atoms with E-state index in [9.17, 15) is 14.4 Å². The summed E-state index contributed by atoms with van der Waals surface area (Å²) >= 11 is 0. The molecule has 0 aromatic heterocycles. The third-order valence-electron chi connectivity index (χ3n) is 3.20. The Kier molecular flexibility index (Phi) is 5.14. The first-order valence-corrected chi connectivity index (χ1v) is 6.25. The van der Waals surface area contributed by atoms with Gasteiger partial charge in [0, 0.05) is 20.1 Å². The first-order chi connectivity index (χ1) is 8.86. The molecule has 0 aliphatic carbocycles. The number of carboxylic acid groups (broad SMARTS) is 1. The fraction of sp³-hybridized carbons (Fsp3) is 0.750. The molecule has 2 atom stereocenters. The van der Waals surface area contributed by atoms with Gasteiger partial charge >= 0.3 is 18.0 Å². The molecule has 7 heteroatoms. The van der Waals surface area contributed by atoms with Crippen molar-refractivity contribution in [2.75, 3.05) is 33.3 Å². The van der Waals surface area contributed by atoms with E-state index in [4.69, 9.17) is 9.84 Å². The monoisotopic (exact) mass is 272 g/mol. The zero-order chi connectivity index (χ0) is 14.6. The Hall–Kier alpha value is -1.79. The van der Waals surface area contributed by atoms with Gasteiger partial charge in [-0.05, 0) is 12.8 Å². The van der Waals surface area contributed by atoms with Gasteiger partial charge in [-0.3, -0.25) is 9.59 Å². The first kappa shape index (κ1) is 15.3. The number of esters is 1. The topological polar surface area (TPSA) is 87.2 Å². The van der Waals surface area contributed by atoms with Crippen LogP contribution in [0.5, 0.6) is 0 Å². The van der Waals surface area contributed by atoms with Crippen molar-refractivity contribution in [2.45, 2.75) is 13.8 Å². The first-order valence-electron chi connectivity index (χ1n) is 6.25. The number of rotatable bonds is 4. The second-order valence-corrected chi connectivity index (χ2v) is 4.77. The zero-order valence-electron chi connectivity index (χ0n) is 11.5. The molecule has 7 nitrogen and oxygen atoms in total. The number of likely N-dealkylation sites (tertiary alicyclic amines) is 1. The van der Waals surface area contributed by atoms with Crippen LogP contribution < -0.4 is 0 Å². The SMILES string of the molecule is CCOC(=O)CN(C)C(=O)N1C[C@@H](C)[C@H](C(=O)O)C1. The highest BCUT2D eigenvalue weighted by atomic mass is 16.5. The van der Waals surface area contributed by atoms with E-state index in [2.05, 4.69) is 0 Å². The van der Waals surface area contributed by atoms with Gasteiger partial charge < -0.3 is 19.6 Å². The summed E-state index contributed by atoms with van der Waals surface area (Å²) in [7, 11) is 1.50. The van der Waals surface area contributed by atoms with Crippen LogP contribution in [0.25, 0.3) is 0 Å². The highest BCUT2D eigenvalue weighted by molar-refractivity contribution is 5.82. The minimum Gasteiger partial charge on any atom is -0.481 e. The quantitative estimate of drug-likeness (QED) is 0.741. The van der Waals surface area contributed by atoms with Gasteiger partial charge in [0.25, 0.3) is 0 Å². The summed E-state index contributed by atoms with van der Waals surface area (Å²) in [6, 6.07) is -0.344. The van der Waals surface area contributed by atoms with Crippen LogP contribution in [0.15, 0.2) is 0 Å². The van der Waals surface area contributed by atoms with Crippen LogP contribution in [0.4, 0.5) is 4.79 Å². The van der Waals surface area contributed by atoms with Gasteiger partial charge in [0.1, 0.15) is 6.54 Å². The molecular formula is C12H20N2O5. The molecule has 0 aromatic carbocycles. The highest BCUT2D eigenvalue weighted by Crippen LogP contribution is 2.23. The van der Waals surface area contributed by atoms with E-state index in [1.165, 1.54) is 16.8 Å². The number of carbonyl (C=O) groups is 3. The predicted molar refractivity (Wildman–Crippen MR) is 66.5 cm³/mol. The Morgan fingerprint density at radius 3 is 2.47 bits per heavy atom. The molecule has 1 N–H and O–H groups in total. The van der Waals surface area contributed by atoms with Gasteiger partial charge in [-0.2, -0.15) is 0 Å². The molecular weight excluding hydrogens is 252 g/mol. The summed E-state index contributed by atoms with van der Waals surface area (Å²) in [4.78, 5) is 37.0. The molecule has 1 aliphatic heterocycles. The van der Waals surface area contributed by atoms with E-state index < -0.39 is 17.9 Å². The largest absolute Gasteiger partial charge is 0.481 e. The average molecular weight is 272 g/mol. The Morgan fingerprint density at radius 1 is 1.37 bits per heavy atom. The number of hydrogen-bond acceptors (Lipinski definition) is 4. The van der Waals surface area contributed by atoms with Crippen molar-refractivity contribution in [3.8, 4) is 0 Å². The maximum atomic E-state index is 12.0. The number of hydrogen-bond donors (Lipinski definition) is 1. The minimum atomic E-state index is -0.893. The van der Waals surface area contributed by atoms with Crippen molar-refractivity contribution in [3.63, 3.8) is 0 Å². The number of nitrogens with zero attached hydrogens (tertiary/aromatic N) is 2. The minimum absolute atomic E-state index is 0.0857. The molecule has 0 saturated carbocycles. The summed E-state index contributed by atoms with van der Waals surface area (Å²) < 4.78 is 4.76. The van der Waals surface area contributed by atoms with E-state index in [1.54, 1.807) is 13.8 Å². The number of carbonyl (C=O) groups excluding carboxylic acids is 2. The van der Waals surface area contributed by atoms with Crippen molar-refractivity contribution in [1.29, 1.82) is 0 Å². The van der Waals surface area contributed by atoms with Gasteiger partial charge in [-0.1, -0.05) is 6.92 Å². The van der Waals surface area contributed by atoms with Gasteiger partial charge in [0.2, 0.25) is 0 Å². The number of likely N-dealkylation sites (N-methyl/N-ethyl adjacent to an activating group) is 1. The summed E-state index contributed by atoms with van der Waals surface area (Å²) in [6.07, 6.45) is 0. The number of aliphatic carboxylic acids is 1. The molecule has 1 heterocycles. The number of amides is 2. The van der Waals surface area contributed by atoms with E-state index in [1.807, 2.05) is 0 Å². The second-order valence-electron chi connectivity index (χ2n) is 4.77. The third-order valence-corrected chi connectivity index (χ3v) is 3.20. The smallest absolute Gasteiger partial charge is 0.325 e. The van der Waals surface area contributed by atoms with Crippen LogP contribution in [-0.2, 0) is 14.3 Å². The van der Waals surface area contributed by atoms with Crippen molar-refractivity contribution in [3.05, 3.63) is 0 Å². The lowest BCUT2D eigenvalue weighted by Crippen LogP contribution is -2.42. The summed E-state index contributed by atoms with van der Waals surface area (Å²) in [5, 5.41) is 9.01. The van der Waals surface area contributed by atoms with Crippen molar-refractivity contribution in [2.24, 2.45) is 11.8 Å². The third kappa shape index (κ3) is 3.84. The fourth-order valence-corrected chi connectivity index (χ4v) is 2.15. The van der Waals surface area contributed by atoms with Crippen LogP contribution in [0.2, 0.25) is 0 Å². The van der Waals surface area contributed by atoms with Crippen LogP contribution in [0, 0.1) is 11.8 Å². The standard InChI is InChI=1S/C12H20N2O5/c1-4-19-10(15)7-13(3)12(18)14-5-8(2)9(6-14)11(16)17/h8-9H,4-7H2,1-3H3,(H,16,17)/t8-,9-/m1/s1. The summed E-state index contributed by atoms with van der Waals surface area (Å²) in [5.74, 6) is -1.99. The van der Waals surface area contributed by atoms with Crippen LogP contribution >= 0.6 is 0 Å². The highest BCUT2D eigenvalue weighted by Gasteiger charge is 2.38. The van der Waals surface area contributed by atoms with Crippen LogP contribution in [-0.4, -0.2) is 66.2 Å². The van der Waals surface area contributed by atoms with Crippen LogP contribution in [0.1, 0.15) is 13.8 Å². The van der Waals surface area contributed by atoms with Crippen molar-refractivity contribution >= 4 is 18.0 Å². The van der Waals surface area contributed by atoms with Gasteiger partial charge in [-0.15, -0.1) is 0 Å². The molecule has 1 aliphatic rings. The second kappa shape index (κ2) is 6.40. The maximum Gasteiger partial charge on any atom is 0.325 e. The normalized spacial score (nSPS) is 22.2. The van der Waals surface area contributed by atoms with Crippen molar-refractivity contribution in [1.82, 2.24) is 9.80 Å². The molecule has 108 valence electrons. The molecule has 0 bridgehead atoms. The van der Waals surface area contributed by atoms with E-state index in [0.29, 0.717) is 6.54 Å². The molecule has 1 rings (SSSR count). The average Bonchev–Trinajstić information content (AvgIpc) is 2.70. The molecule has 1 fully saturated rings. The molecule has 0 spiro atoms. The Labute approximate surface area is 112 Å². The maximum absolute atomic E-state index is 12.0. The predicted octanol–water partition coefficient (Wildman–Crippen LogP) is 0.254. The molecule has 19 heavy (non-hydrogen) atoms. The van der Waals surface area contributed by atoms with Crippen molar-refractivity contribution < 1.29 is 24.2 Å². The lowest BCUT2D eigenvalue weighted by atomic mass is 9.99. The molecule has 1 saturated heterocycles. The van der Waals surface area contributed by atoms with Gasteiger partial charge in [0.05, 0.1) is 12.5 Å². The Balaban J connectivity index is 2.54. The summed E-state index contributed by atoms with van der Waals surface area (Å²) in [5.41, 5.74) is 0. The Morgan fingerprint density at radius 2 is 2.00 bits per heavy atom. The molecule has 0 unspecified atom stereocenters. The lowest BCUT2D eigenvalue weighted by Gasteiger charge is -2.23. The fourth-order valence-electron chi connectivity index (χ4n) is 2.15. The molecule has 0 aromatic rings. The number of ether oxygens (including phenoxy) is 1. The van der Waals surface area contributed by atoms with E-state index in [0.717, 1.165) is 0 Å². The van der Waals surface area contributed by atoms with Crippen LogP contribution in [0.3, 0.4) is 0 Å². The number of carboxylic acids is 1.